The Morgan fingerprint density at radius 1 is 0.629 bits per heavy atom. The van der Waals surface area contributed by atoms with Crippen molar-refractivity contribution < 1.29 is 9.13 Å². The zero-order valence-corrected chi connectivity index (χ0v) is 19.7. The maximum atomic E-state index is 2.46. The van der Waals surface area contributed by atoms with E-state index in [-0.39, 0.29) is 0 Å². The van der Waals surface area contributed by atoms with E-state index in [1.807, 2.05) is 0 Å². The summed E-state index contributed by atoms with van der Waals surface area (Å²) in [6, 6.07) is 39.7. The van der Waals surface area contributed by atoms with Crippen molar-refractivity contribution in [3.8, 4) is 33.6 Å². The van der Waals surface area contributed by atoms with Crippen LogP contribution >= 0.6 is 0 Å². The molecule has 1 saturated carbocycles. The standard InChI is InChI=1S/C33H26N2/c1-34-20-18-24(23-11-3-2-4-12-23)22-31(34)26-14-6-5-13-25(26)21-29-32-28-16-8-7-15-27(28)30-17-9-10-19-35(30)33(29)32/h2-22,32-33H,1H3/q+2. The molecule has 2 nitrogen and oxygen atoms in total. The van der Waals surface area contributed by atoms with Gasteiger partial charge in [0.1, 0.15) is 7.05 Å². The van der Waals surface area contributed by atoms with Gasteiger partial charge in [0.05, 0.1) is 17.0 Å². The predicted molar refractivity (Wildman–Crippen MR) is 140 cm³/mol. The Kier molecular flexibility index (Phi) is 4.53. The highest BCUT2D eigenvalue weighted by Gasteiger charge is 2.57. The molecule has 1 aliphatic heterocycles. The van der Waals surface area contributed by atoms with Crippen LogP contribution in [0.4, 0.5) is 0 Å². The summed E-state index contributed by atoms with van der Waals surface area (Å²) in [5.41, 5.74) is 11.8. The van der Waals surface area contributed by atoms with E-state index in [0.717, 1.165) is 0 Å². The number of aromatic nitrogens is 2. The Balaban J connectivity index is 1.35. The highest BCUT2D eigenvalue weighted by atomic mass is 15.1. The lowest BCUT2D eigenvalue weighted by Gasteiger charge is -2.12. The number of pyridine rings is 2. The van der Waals surface area contributed by atoms with Gasteiger partial charge in [-0.05, 0) is 46.5 Å². The number of fused-ring (bicyclic) bond motifs is 6. The van der Waals surface area contributed by atoms with Gasteiger partial charge >= 0.3 is 0 Å². The maximum absolute atomic E-state index is 2.46. The Hall–Kier alpha value is -4.30. The largest absolute Gasteiger partial charge is 0.213 e. The second-order valence-electron chi connectivity index (χ2n) is 9.51. The fourth-order valence-electron chi connectivity index (χ4n) is 5.73. The van der Waals surface area contributed by atoms with Crippen molar-refractivity contribution in [1.29, 1.82) is 0 Å². The lowest BCUT2D eigenvalue weighted by Crippen LogP contribution is -2.37. The van der Waals surface area contributed by atoms with E-state index in [9.17, 15) is 0 Å². The van der Waals surface area contributed by atoms with Crippen LogP contribution < -0.4 is 9.13 Å². The molecule has 2 unspecified atom stereocenters. The van der Waals surface area contributed by atoms with Gasteiger partial charge in [-0.15, -0.1) is 0 Å². The molecule has 3 heterocycles. The van der Waals surface area contributed by atoms with E-state index in [1.54, 1.807) is 0 Å². The fraction of sp³-hybridized carbons (Fsp3) is 0.0909. The average Bonchev–Trinajstić information content (AvgIpc) is 3.64. The Morgan fingerprint density at radius 2 is 1.37 bits per heavy atom. The molecule has 2 heteroatoms. The van der Waals surface area contributed by atoms with Gasteiger partial charge in [-0.2, -0.15) is 4.57 Å². The molecular formula is C33H26N2+2. The second-order valence-corrected chi connectivity index (χ2v) is 9.51. The maximum Gasteiger partial charge on any atom is 0.213 e. The van der Waals surface area contributed by atoms with Crippen LogP contribution in [0.2, 0.25) is 0 Å². The van der Waals surface area contributed by atoms with Gasteiger partial charge < -0.3 is 0 Å². The summed E-state index contributed by atoms with van der Waals surface area (Å²) in [4.78, 5) is 0. The summed E-state index contributed by atoms with van der Waals surface area (Å²) in [7, 11) is 2.13. The van der Waals surface area contributed by atoms with Crippen molar-refractivity contribution in [1.82, 2.24) is 0 Å². The van der Waals surface area contributed by atoms with Crippen molar-refractivity contribution in [3.05, 3.63) is 138 Å². The van der Waals surface area contributed by atoms with Gasteiger partial charge in [-0.1, -0.05) is 66.7 Å². The molecule has 0 bridgehead atoms. The lowest BCUT2D eigenvalue weighted by molar-refractivity contribution is -0.688. The van der Waals surface area contributed by atoms with Crippen LogP contribution in [-0.2, 0) is 7.05 Å². The minimum atomic E-state index is 0.401. The first-order chi connectivity index (χ1) is 17.3. The third-order valence-electron chi connectivity index (χ3n) is 7.48. The topological polar surface area (TPSA) is 7.76 Å². The van der Waals surface area contributed by atoms with Gasteiger partial charge in [0.2, 0.25) is 11.4 Å². The molecule has 35 heavy (non-hydrogen) atoms. The normalized spacial score (nSPS) is 18.5. The number of nitrogens with zero attached hydrogens (tertiary/aromatic N) is 2. The number of aryl methyl sites for hydroxylation is 1. The molecule has 2 aromatic heterocycles. The van der Waals surface area contributed by atoms with Crippen LogP contribution in [0.25, 0.3) is 39.7 Å². The Morgan fingerprint density at radius 3 is 2.26 bits per heavy atom. The third-order valence-corrected chi connectivity index (χ3v) is 7.48. The third kappa shape index (κ3) is 3.25. The zero-order valence-electron chi connectivity index (χ0n) is 19.7. The van der Waals surface area contributed by atoms with Crippen molar-refractivity contribution in [3.63, 3.8) is 0 Å². The van der Waals surface area contributed by atoms with Gasteiger partial charge in [0, 0.05) is 29.8 Å². The van der Waals surface area contributed by atoms with E-state index in [4.69, 9.17) is 0 Å². The van der Waals surface area contributed by atoms with Crippen LogP contribution in [0.15, 0.2) is 127 Å². The number of allylic oxidation sites excluding steroid dienone is 1. The number of hydrogen-bond donors (Lipinski definition) is 0. The first kappa shape index (κ1) is 20.1. The van der Waals surface area contributed by atoms with Crippen LogP contribution in [0, 0.1) is 0 Å². The molecule has 1 aliphatic carbocycles. The lowest BCUT2D eigenvalue weighted by atomic mass is 9.96. The van der Waals surface area contributed by atoms with Crippen molar-refractivity contribution in [2.75, 3.05) is 0 Å². The second kappa shape index (κ2) is 7.89. The first-order valence-corrected chi connectivity index (χ1v) is 12.2. The average molecular weight is 451 g/mol. The molecule has 0 saturated heterocycles. The van der Waals surface area contributed by atoms with E-state index < -0.39 is 0 Å². The minimum absolute atomic E-state index is 0.401. The van der Waals surface area contributed by atoms with Gasteiger partial charge in [0.25, 0.3) is 0 Å². The molecule has 0 spiro atoms. The van der Waals surface area contributed by atoms with Gasteiger partial charge in [-0.25, -0.2) is 4.57 Å². The highest BCUT2D eigenvalue weighted by molar-refractivity contribution is 5.79. The summed E-state index contributed by atoms with van der Waals surface area (Å²) in [5.74, 6) is 0.448. The molecule has 1 fully saturated rings. The molecule has 7 rings (SSSR count). The van der Waals surface area contributed by atoms with Gasteiger partial charge in [0.15, 0.2) is 18.4 Å². The Bertz CT molecular complexity index is 1560. The fourth-order valence-corrected chi connectivity index (χ4v) is 5.73. The summed E-state index contributed by atoms with van der Waals surface area (Å²) in [6.45, 7) is 0. The van der Waals surface area contributed by atoms with Crippen LogP contribution in [0.3, 0.4) is 0 Å². The van der Waals surface area contributed by atoms with E-state index in [2.05, 4.69) is 144 Å². The van der Waals surface area contributed by atoms with Crippen LogP contribution in [0.5, 0.6) is 0 Å². The highest BCUT2D eigenvalue weighted by Crippen LogP contribution is 2.59. The molecule has 2 aliphatic rings. The van der Waals surface area contributed by atoms with Crippen molar-refractivity contribution in [2.45, 2.75) is 12.0 Å². The molecule has 0 amide bonds. The van der Waals surface area contributed by atoms with Crippen molar-refractivity contribution >= 4 is 6.08 Å². The Labute approximate surface area is 206 Å². The summed E-state index contributed by atoms with van der Waals surface area (Å²) >= 11 is 0. The number of rotatable bonds is 3. The smallest absolute Gasteiger partial charge is 0.201 e. The quantitative estimate of drug-likeness (QED) is 0.276. The molecule has 166 valence electrons. The summed E-state index contributed by atoms with van der Waals surface area (Å²) in [6.07, 6.45) is 6.84. The van der Waals surface area contributed by atoms with Crippen LogP contribution in [-0.4, -0.2) is 0 Å². The zero-order chi connectivity index (χ0) is 23.4. The molecule has 0 radical (unpaired) electrons. The van der Waals surface area contributed by atoms with Crippen LogP contribution in [0.1, 0.15) is 23.1 Å². The molecular weight excluding hydrogens is 424 g/mol. The number of benzene rings is 3. The number of hydrogen-bond acceptors (Lipinski definition) is 0. The van der Waals surface area contributed by atoms with E-state index in [1.165, 1.54) is 50.3 Å². The van der Waals surface area contributed by atoms with Gasteiger partial charge in [-0.3, -0.25) is 0 Å². The minimum Gasteiger partial charge on any atom is -0.201 e. The summed E-state index contributed by atoms with van der Waals surface area (Å²) < 4.78 is 4.68. The predicted octanol–water partition coefficient (Wildman–Crippen LogP) is 6.54. The molecule has 3 aromatic carbocycles. The SMILES string of the molecule is C[n+]1ccc(-c2ccccc2)cc1-c1ccccc1C=C1C2c3ccccc3-c3cccc[n+]3C12. The summed E-state index contributed by atoms with van der Waals surface area (Å²) in [5, 5.41) is 0. The molecule has 2 atom stereocenters. The van der Waals surface area contributed by atoms with Crippen molar-refractivity contribution in [2.24, 2.45) is 7.05 Å². The first-order valence-electron chi connectivity index (χ1n) is 12.2. The van der Waals surface area contributed by atoms with E-state index in [0.29, 0.717) is 12.0 Å². The molecule has 0 N–H and O–H groups in total. The van der Waals surface area contributed by atoms with E-state index >= 15 is 0 Å². The molecule has 5 aromatic rings. The monoisotopic (exact) mass is 450 g/mol.